The Bertz CT molecular complexity index is 1250. The lowest BCUT2D eigenvalue weighted by Gasteiger charge is -2.38. The number of aliphatic hydroxyl groups is 1. The Kier molecular flexibility index (Phi) is 6.84. The molecule has 1 amide bonds. The number of carbonyl (C=O) groups is 1. The summed E-state index contributed by atoms with van der Waals surface area (Å²) >= 11 is 0. The first-order valence-electron chi connectivity index (χ1n) is 12.4. The van der Waals surface area contributed by atoms with Crippen molar-refractivity contribution in [3.05, 3.63) is 59.7 Å². The molecule has 3 aromatic heterocycles. The summed E-state index contributed by atoms with van der Waals surface area (Å²) in [7, 11) is 0. The largest absolute Gasteiger partial charge is 0.389 e. The molecule has 2 aliphatic heterocycles. The van der Waals surface area contributed by atoms with Gasteiger partial charge in [0.25, 0.3) is 5.91 Å². The highest BCUT2D eigenvalue weighted by atomic mass is 16.5. The fraction of sp³-hybridized carbons (Fsp3) is 0.407. The van der Waals surface area contributed by atoms with E-state index in [1.54, 1.807) is 18.5 Å². The number of carbonyl (C=O) groups excluding carboxylic acids is 1. The van der Waals surface area contributed by atoms with Crippen molar-refractivity contribution in [3.8, 4) is 11.1 Å². The number of pyridine rings is 3. The Morgan fingerprint density at radius 2 is 1.81 bits per heavy atom. The van der Waals surface area contributed by atoms with Gasteiger partial charge < -0.3 is 25.0 Å². The molecule has 0 aromatic carbocycles. The van der Waals surface area contributed by atoms with Gasteiger partial charge in [-0.2, -0.15) is 0 Å². The smallest absolute Gasteiger partial charge is 0.255 e. The first-order chi connectivity index (χ1) is 17.4. The fourth-order valence-corrected chi connectivity index (χ4v) is 4.42. The van der Waals surface area contributed by atoms with E-state index in [9.17, 15) is 9.90 Å². The number of β-amino-alcohol motifs (C(OH)–C–C–N with tert-alkyl or cyclic N) is 1. The molecular weight excluding hydrogens is 456 g/mol. The molecule has 3 aromatic rings. The quantitative estimate of drug-likeness (QED) is 0.545. The van der Waals surface area contributed by atoms with Crippen molar-refractivity contribution >= 4 is 23.2 Å². The number of amides is 1. The van der Waals surface area contributed by atoms with Gasteiger partial charge in [0.15, 0.2) is 0 Å². The van der Waals surface area contributed by atoms with Crippen molar-refractivity contribution in [1.29, 1.82) is 0 Å². The molecular formula is C27H32N6O3. The van der Waals surface area contributed by atoms with Crippen LogP contribution in [0.3, 0.4) is 0 Å². The maximum absolute atomic E-state index is 13.0. The van der Waals surface area contributed by atoms with Crippen LogP contribution in [0.2, 0.25) is 0 Å². The van der Waals surface area contributed by atoms with E-state index >= 15 is 0 Å². The van der Waals surface area contributed by atoms with Crippen LogP contribution in [0.25, 0.3) is 11.1 Å². The van der Waals surface area contributed by atoms with Gasteiger partial charge in [-0.1, -0.05) is 13.8 Å². The van der Waals surface area contributed by atoms with E-state index in [0.29, 0.717) is 37.6 Å². The number of ether oxygens (including phenoxy) is 1. The first kappa shape index (κ1) is 24.1. The number of rotatable bonds is 6. The van der Waals surface area contributed by atoms with Crippen LogP contribution in [0.5, 0.6) is 0 Å². The van der Waals surface area contributed by atoms with Crippen LogP contribution in [0.15, 0.2) is 42.7 Å². The summed E-state index contributed by atoms with van der Waals surface area (Å²) in [6, 6.07) is 9.60. The predicted molar refractivity (Wildman–Crippen MR) is 140 cm³/mol. The SMILES string of the molecule is Cc1ncc(NC(=O)c2ccnc(C(C)C)c2)cc1-c1cc(N2CCOCC2)nc(N2CC(O)C2)c1. The second-order valence-electron chi connectivity index (χ2n) is 9.67. The second kappa shape index (κ2) is 10.2. The van der Waals surface area contributed by atoms with Crippen molar-refractivity contribution in [1.82, 2.24) is 15.0 Å². The lowest BCUT2D eigenvalue weighted by atomic mass is 10.0. The third kappa shape index (κ3) is 5.17. The molecule has 0 unspecified atom stereocenters. The van der Waals surface area contributed by atoms with Crippen LogP contribution in [0, 0.1) is 6.92 Å². The monoisotopic (exact) mass is 488 g/mol. The number of morpholine rings is 1. The maximum atomic E-state index is 13.0. The van der Waals surface area contributed by atoms with E-state index in [2.05, 4.69) is 45.0 Å². The molecule has 0 atom stereocenters. The van der Waals surface area contributed by atoms with Crippen LogP contribution >= 0.6 is 0 Å². The molecule has 9 nitrogen and oxygen atoms in total. The average Bonchev–Trinajstić information content (AvgIpc) is 2.88. The molecule has 2 fully saturated rings. The fourth-order valence-electron chi connectivity index (χ4n) is 4.42. The van der Waals surface area contributed by atoms with Gasteiger partial charge in [0, 0.05) is 54.9 Å². The van der Waals surface area contributed by atoms with Crippen LogP contribution in [0.4, 0.5) is 17.3 Å². The zero-order valence-electron chi connectivity index (χ0n) is 20.9. The minimum Gasteiger partial charge on any atom is -0.389 e. The highest BCUT2D eigenvalue weighted by Gasteiger charge is 2.27. The molecule has 0 radical (unpaired) electrons. The van der Waals surface area contributed by atoms with E-state index in [1.165, 1.54) is 0 Å². The molecule has 2 aliphatic rings. The van der Waals surface area contributed by atoms with Crippen LogP contribution in [-0.2, 0) is 4.74 Å². The summed E-state index contributed by atoms with van der Waals surface area (Å²) in [5.74, 6) is 1.74. The Hall–Kier alpha value is -3.56. The lowest BCUT2D eigenvalue weighted by Crippen LogP contribution is -2.51. The minimum absolute atomic E-state index is 0.199. The van der Waals surface area contributed by atoms with Crippen molar-refractivity contribution in [2.75, 3.05) is 54.5 Å². The molecule has 0 spiro atoms. The minimum atomic E-state index is -0.325. The van der Waals surface area contributed by atoms with E-state index in [-0.39, 0.29) is 17.9 Å². The molecule has 5 heterocycles. The third-order valence-corrected chi connectivity index (χ3v) is 6.61. The van der Waals surface area contributed by atoms with E-state index in [1.807, 2.05) is 25.1 Å². The second-order valence-corrected chi connectivity index (χ2v) is 9.67. The van der Waals surface area contributed by atoms with Crippen LogP contribution in [-0.4, -0.2) is 71.5 Å². The number of hydrogen-bond donors (Lipinski definition) is 2. The van der Waals surface area contributed by atoms with Gasteiger partial charge in [0.1, 0.15) is 11.6 Å². The van der Waals surface area contributed by atoms with Crippen molar-refractivity contribution in [2.45, 2.75) is 32.8 Å². The molecule has 188 valence electrons. The Morgan fingerprint density at radius 1 is 1.08 bits per heavy atom. The number of aliphatic hydroxyl groups excluding tert-OH is 1. The number of aryl methyl sites for hydroxylation is 1. The van der Waals surface area contributed by atoms with E-state index in [0.717, 1.165) is 47.2 Å². The topological polar surface area (TPSA) is 104 Å². The number of hydrogen-bond acceptors (Lipinski definition) is 8. The lowest BCUT2D eigenvalue weighted by molar-refractivity contribution is 0.102. The predicted octanol–water partition coefficient (Wildman–Crippen LogP) is 3.24. The molecule has 0 aliphatic carbocycles. The van der Waals surface area contributed by atoms with Gasteiger partial charge in [-0.25, -0.2) is 4.98 Å². The highest BCUT2D eigenvalue weighted by molar-refractivity contribution is 6.04. The van der Waals surface area contributed by atoms with Gasteiger partial charge >= 0.3 is 0 Å². The summed E-state index contributed by atoms with van der Waals surface area (Å²) in [5.41, 5.74) is 4.80. The Morgan fingerprint density at radius 3 is 2.50 bits per heavy atom. The summed E-state index contributed by atoms with van der Waals surface area (Å²) in [6.07, 6.45) is 3.02. The van der Waals surface area contributed by atoms with Crippen molar-refractivity contribution in [3.63, 3.8) is 0 Å². The average molecular weight is 489 g/mol. The van der Waals surface area contributed by atoms with E-state index < -0.39 is 0 Å². The molecule has 5 rings (SSSR count). The summed E-state index contributed by atoms with van der Waals surface area (Å²) < 4.78 is 5.52. The number of aromatic nitrogens is 3. The zero-order chi connectivity index (χ0) is 25.2. The van der Waals surface area contributed by atoms with Crippen molar-refractivity contribution in [2.24, 2.45) is 0 Å². The Labute approximate surface area is 211 Å². The van der Waals surface area contributed by atoms with Gasteiger partial charge in [-0.3, -0.25) is 14.8 Å². The number of nitrogens with one attached hydrogen (secondary N) is 1. The molecule has 0 saturated carbocycles. The van der Waals surface area contributed by atoms with Crippen molar-refractivity contribution < 1.29 is 14.6 Å². The normalized spacial score (nSPS) is 16.2. The van der Waals surface area contributed by atoms with Crippen LogP contribution in [0.1, 0.15) is 41.5 Å². The molecule has 2 N–H and O–H groups in total. The Balaban J connectivity index is 1.46. The van der Waals surface area contributed by atoms with Gasteiger partial charge in [-0.15, -0.1) is 0 Å². The molecule has 0 bridgehead atoms. The van der Waals surface area contributed by atoms with Crippen LogP contribution < -0.4 is 15.1 Å². The summed E-state index contributed by atoms with van der Waals surface area (Å²) in [4.78, 5) is 31.1. The zero-order valence-corrected chi connectivity index (χ0v) is 20.9. The third-order valence-electron chi connectivity index (χ3n) is 6.61. The van der Waals surface area contributed by atoms with E-state index in [4.69, 9.17) is 9.72 Å². The summed E-state index contributed by atoms with van der Waals surface area (Å²) in [5, 5.41) is 12.8. The molecule has 36 heavy (non-hydrogen) atoms. The highest BCUT2D eigenvalue weighted by Crippen LogP contribution is 2.33. The molecule has 2 saturated heterocycles. The van der Waals surface area contributed by atoms with Gasteiger partial charge in [-0.05, 0) is 48.7 Å². The van der Waals surface area contributed by atoms with Gasteiger partial charge in [0.2, 0.25) is 0 Å². The first-order valence-corrected chi connectivity index (χ1v) is 12.4. The number of anilines is 3. The standard InChI is InChI=1S/C27H32N6O3/c1-17(2)24-10-19(4-5-28-24)27(35)30-21-13-23(18(3)29-14-21)20-11-25(32-6-8-36-9-7-32)31-26(12-20)33-15-22(34)16-33/h4-5,10-14,17,22,34H,6-9,15-16H2,1-3H3,(H,30,35). The maximum Gasteiger partial charge on any atom is 0.255 e. The number of nitrogens with zero attached hydrogens (tertiary/aromatic N) is 5. The summed E-state index contributed by atoms with van der Waals surface area (Å²) in [6.45, 7) is 10.1. The molecule has 9 heteroatoms. The van der Waals surface area contributed by atoms with Gasteiger partial charge in [0.05, 0.1) is 31.2 Å².